The van der Waals surface area contributed by atoms with Crippen molar-refractivity contribution in [3.8, 4) is 11.5 Å². The number of hydrogen-bond donors (Lipinski definition) is 1. The number of methoxy groups -OCH3 is 1. The maximum absolute atomic E-state index is 5.93. The molecule has 1 heterocycles. The number of rotatable bonds is 7. The zero-order valence-electron chi connectivity index (χ0n) is 12.2. The first-order valence-electron chi connectivity index (χ1n) is 6.66. The van der Waals surface area contributed by atoms with Gasteiger partial charge >= 0.3 is 0 Å². The monoisotopic (exact) mass is 275 g/mol. The van der Waals surface area contributed by atoms with E-state index in [2.05, 4.69) is 10.4 Å². The van der Waals surface area contributed by atoms with Crippen molar-refractivity contribution < 1.29 is 9.47 Å². The maximum Gasteiger partial charge on any atom is 0.165 e. The zero-order valence-corrected chi connectivity index (χ0v) is 12.2. The highest BCUT2D eigenvalue weighted by atomic mass is 16.5. The van der Waals surface area contributed by atoms with Gasteiger partial charge in [-0.05, 0) is 19.2 Å². The van der Waals surface area contributed by atoms with Gasteiger partial charge in [0.15, 0.2) is 11.5 Å². The smallest absolute Gasteiger partial charge is 0.165 e. The Kier molecular flexibility index (Phi) is 5.01. The maximum atomic E-state index is 5.93. The summed E-state index contributed by atoms with van der Waals surface area (Å²) in [6, 6.07) is 7.93. The third-order valence-corrected chi connectivity index (χ3v) is 3.17. The Balaban J connectivity index is 2.05. The van der Waals surface area contributed by atoms with Crippen LogP contribution in [0.5, 0.6) is 11.5 Å². The fourth-order valence-electron chi connectivity index (χ4n) is 2.12. The Morgan fingerprint density at radius 1 is 1.30 bits per heavy atom. The minimum absolute atomic E-state index is 0.594. The van der Waals surface area contributed by atoms with Crippen LogP contribution in [0, 0.1) is 0 Å². The third kappa shape index (κ3) is 3.30. The molecule has 5 nitrogen and oxygen atoms in total. The predicted octanol–water partition coefficient (Wildman–Crippen LogP) is 1.77. The minimum Gasteiger partial charge on any atom is -0.493 e. The third-order valence-electron chi connectivity index (χ3n) is 3.17. The molecule has 0 saturated heterocycles. The summed E-state index contributed by atoms with van der Waals surface area (Å²) in [6.07, 6.45) is 2.61. The number of ether oxygens (including phenoxy) is 2. The summed E-state index contributed by atoms with van der Waals surface area (Å²) in [4.78, 5) is 0. The van der Waals surface area contributed by atoms with Gasteiger partial charge in [-0.1, -0.05) is 12.1 Å². The lowest BCUT2D eigenvalue weighted by molar-refractivity contribution is 0.291. The molecule has 2 rings (SSSR count). The van der Waals surface area contributed by atoms with Crippen LogP contribution in [-0.2, 0) is 20.0 Å². The van der Waals surface area contributed by atoms with Gasteiger partial charge in [0.1, 0.15) is 0 Å². The van der Waals surface area contributed by atoms with E-state index in [1.807, 2.05) is 43.0 Å². The molecule has 0 spiro atoms. The van der Waals surface area contributed by atoms with Crippen LogP contribution in [-0.4, -0.2) is 30.5 Å². The molecule has 1 aromatic carbocycles. The first-order valence-corrected chi connectivity index (χ1v) is 6.66. The van der Waals surface area contributed by atoms with Crippen LogP contribution in [0.1, 0.15) is 11.3 Å². The van der Waals surface area contributed by atoms with E-state index in [1.165, 1.54) is 0 Å². The van der Waals surface area contributed by atoms with Gasteiger partial charge in [0.05, 0.1) is 13.7 Å². The van der Waals surface area contributed by atoms with Crippen LogP contribution in [0.3, 0.4) is 0 Å². The van der Waals surface area contributed by atoms with Crippen molar-refractivity contribution >= 4 is 0 Å². The summed E-state index contributed by atoms with van der Waals surface area (Å²) < 4.78 is 13.2. The molecular formula is C15H21N3O2. The first-order chi connectivity index (χ1) is 9.76. The Labute approximate surface area is 119 Å². The largest absolute Gasteiger partial charge is 0.493 e. The van der Waals surface area contributed by atoms with Crippen molar-refractivity contribution in [2.75, 3.05) is 20.8 Å². The molecule has 108 valence electrons. The van der Waals surface area contributed by atoms with Crippen molar-refractivity contribution in [2.45, 2.75) is 13.0 Å². The number of benzene rings is 1. The Morgan fingerprint density at radius 2 is 2.15 bits per heavy atom. The number of aromatic nitrogens is 2. The lowest BCUT2D eigenvalue weighted by Crippen LogP contribution is -2.11. The van der Waals surface area contributed by atoms with Crippen molar-refractivity contribution in [1.82, 2.24) is 15.1 Å². The molecule has 0 radical (unpaired) electrons. The van der Waals surface area contributed by atoms with E-state index in [0.717, 1.165) is 35.7 Å². The van der Waals surface area contributed by atoms with E-state index in [1.54, 1.807) is 13.3 Å². The first kappa shape index (κ1) is 14.4. The second-order valence-electron chi connectivity index (χ2n) is 4.52. The molecule has 0 unspecified atom stereocenters. The second kappa shape index (κ2) is 6.96. The van der Waals surface area contributed by atoms with Crippen molar-refractivity contribution in [3.63, 3.8) is 0 Å². The number of hydrogen-bond acceptors (Lipinski definition) is 4. The van der Waals surface area contributed by atoms with E-state index < -0.39 is 0 Å². The lowest BCUT2D eigenvalue weighted by atomic mass is 10.2. The molecule has 2 aromatic rings. The van der Waals surface area contributed by atoms with Crippen LogP contribution < -0.4 is 14.8 Å². The highest BCUT2D eigenvalue weighted by Crippen LogP contribution is 2.31. The van der Waals surface area contributed by atoms with E-state index in [9.17, 15) is 0 Å². The van der Waals surface area contributed by atoms with Crippen LogP contribution in [0.2, 0.25) is 0 Å². The average molecular weight is 275 g/mol. The summed E-state index contributed by atoms with van der Waals surface area (Å²) in [5.41, 5.74) is 2.24. The number of nitrogens with one attached hydrogen (secondary N) is 1. The van der Waals surface area contributed by atoms with Gasteiger partial charge in [-0.15, -0.1) is 0 Å². The fraction of sp³-hybridized carbons (Fsp3) is 0.400. The number of para-hydroxylation sites is 1. The molecule has 0 amide bonds. The molecule has 0 fully saturated rings. The Morgan fingerprint density at radius 3 is 2.80 bits per heavy atom. The summed E-state index contributed by atoms with van der Waals surface area (Å²) >= 11 is 0. The zero-order chi connectivity index (χ0) is 14.4. The van der Waals surface area contributed by atoms with Crippen LogP contribution >= 0.6 is 0 Å². The quantitative estimate of drug-likeness (QED) is 0.836. The van der Waals surface area contributed by atoms with Gasteiger partial charge < -0.3 is 14.8 Å². The van der Waals surface area contributed by atoms with Gasteiger partial charge in [-0.25, -0.2) is 0 Å². The van der Waals surface area contributed by atoms with Crippen LogP contribution in [0.25, 0.3) is 0 Å². The van der Waals surface area contributed by atoms with E-state index >= 15 is 0 Å². The summed E-state index contributed by atoms with van der Waals surface area (Å²) in [6.45, 7) is 1.34. The highest BCUT2D eigenvalue weighted by molar-refractivity contribution is 5.46. The number of aryl methyl sites for hydroxylation is 1. The van der Waals surface area contributed by atoms with Crippen molar-refractivity contribution in [2.24, 2.45) is 7.05 Å². The van der Waals surface area contributed by atoms with E-state index in [0.29, 0.717) is 6.61 Å². The standard InChI is InChI=1S/C15H21N3O2/c1-16-11-12-5-4-6-14(19-3)15(12)20-10-8-13-7-9-17-18(13)2/h4-7,9,16H,8,10-11H2,1-3H3. The number of nitrogens with zero attached hydrogens (tertiary/aromatic N) is 2. The highest BCUT2D eigenvalue weighted by Gasteiger charge is 2.10. The van der Waals surface area contributed by atoms with Crippen molar-refractivity contribution in [3.05, 3.63) is 41.7 Å². The predicted molar refractivity (Wildman–Crippen MR) is 78.2 cm³/mol. The molecule has 1 N–H and O–H groups in total. The van der Waals surface area contributed by atoms with Crippen molar-refractivity contribution in [1.29, 1.82) is 0 Å². The molecule has 0 bridgehead atoms. The summed E-state index contributed by atoms with van der Waals surface area (Å²) in [5.74, 6) is 1.58. The molecular weight excluding hydrogens is 254 g/mol. The topological polar surface area (TPSA) is 48.3 Å². The van der Waals surface area contributed by atoms with Gasteiger partial charge in [0.2, 0.25) is 0 Å². The molecule has 0 atom stereocenters. The molecule has 0 saturated carbocycles. The SMILES string of the molecule is CNCc1cccc(OC)c1OCCc1ccnn1C. The van der Waals surface area contributed by atoms with Gasteiger partial charge in [-0.3, -0.25) is 4.68 Å². The lowest BCUT2D eigenvalue weighted by Gasteiger charge is -2.15. The normalized spacial score (nSPS) is 10.6. The minimum atomic E-state index is 0.594. The Hall–Kier alpha value is -2.01. The fourth-order valence-corrected chi connectivity index (χ4v) is 2.12. The molecule has 0 aliphatic heterocycles. The summed E-state index contributed by atoms with van der Waals surface area (Å²) in [7, 11) is 5.51. The average Bonchev–Trinajstić information content (AvgIpc) is 2.86. The summed E-state index contributed by atoms with van der Waals surface area (Å²) in [5, 5.41) is 7.29. The molecule has 5 heteroatoms. The van der Waals surface area contributed by atoms with Gasteiger partial charge in [0.25, 0.3) is 0 Å². The molecule has 0 aliphatic carbocycles. The molecule has 1 aromatic heterocycles. The van der Waals surface area contributed by atoms with Crippen LogP contribution in [0.4, 0.5) is 0 Å². The second-order valence-corrected chi connectivity index (χ2v) is 4.52. The van der Waals surface area contributed by atoms with E-state index in [-0.39, 0.29) is 0 Å². The molecule has 20 heavy (non-hydrogen) atoms. The van der Waals surface area contributed by atoms with Gasteiger partial charge in [-0.2, -0.15) is 5.10 Å². The molecule has 0 aliphatic rings. The van der Waals surface area contributed by atoms with Gasteiger partial charge in [0, 0.05) is 37.5 Å². The Bertz CT molecular complexity index is 552. The van der Waals surface area contributed by atoms with Crippen LogP contribution in [0.15, 0.2) is 30.5 Å². The van der Waals surface area contributed by atoms with E-state index in [4.69, 9.17) is 9.47 Å².